The standard InChI is InChI=1S/C20H20F2N2O2S/c1-12-8-14(4-7-16(12)22)10-23-19(25)17-11-27-18(20(26)24-17)9-13-2-5-15(21)6-3-13/h2-8,17-18H,9-11H2,1H3,(H,23,25)(H,24,26). The molecule has 0 bridgehead atoms. The number of aryl methyl sites for hydroxylation is 1. The normalized spacial score (nSPS) is 19.4. The van der Waals surface area contributed by atoms with Crippen LogP contribution in [-0.4, -0.2) is 28.9 Å². The van der Waals surface area contributed by atoms with E-state index in [4.69, 9.17) is 0 Å². The van der Waals surface area contributed by atoms with E-state index in [-0.39, 0.29) is 35.2 Å². The Labute approximate surface area is 160 Å². The lowest BCUT2D eigenvalue weighted by molar-refractivity contribution is -0.128. The molecule has 1 aliphatic rings. The van der Waals surface area contributed by atoms with Crippen molar-refractivity contribution < 1.29 is 18.4 Å². The van der Waals surface area contributed by atoms with Gasteiger partial charge in [-0.25, -0.2) is 8.78 Å². The fraction of sp³-hybridized carbons (Fsp3) is 0.300. The molecule has 0 spiro atoms. The van der Waals surface area contributed by atoms with E-state index >= 15 is 0 Å². The topological polar surface area (TPSA) is 58.2 Å². The fourth-order valence-electron chi connectivity index (χ4n) is 2.85. The van der Waals surface area contributed by atoms with E-state index in [1.54, 1.807) is 31.2 Å². The highest BCUT2D eigenvalue weighted by molar-refractivity contribution is 8.00. The third-order valence-corrected chi connectivity index (χ3v) is 5.72. The van der Waals surface area contributed by atoms with Gasteiger partial charge in [-0.1, -0.05) is 24.3 Å². The Bertz CT molecular complexity index is 842. The first-order valence-corrected chi connectivity index (χ1v) is 9.66. The first kappa shape index (κ1) is 19.4. The summed E-state index contributed by atoms with van der Waals surface area (Å²) in [6.07, 6.45) is 0.486. The van der Waals surface area contributed by atoms with Gasteiger partial charge in [-0.2, -0.15) is 0 Å². The van der Waals surface area contributed by atoms with Crippen LogP contribution in [0.4, 0.5) is 8.78 Å². The molecule has 142 valence electrons. The van der Waals surface area contributed by atoms with Crippen molar-refractivity contribution in [3.8, 4) is 0 Å². The molecule has 0 saturated carbocycles. The minimum absolute atomic E-state index is 0.201. The zero-order chi connectivity index (χ0) is 19.4. The van der Waals surface area contributed by atoms with Crippen molar-refractivity contribution in [3.63, 3.8) is 0 Å². The van der Waals surface area contributed by atoms with Crippen LogP contribution in [-0.2, 0) is 22.6 Å². The fourth-order valence-corrected chi connectivity index (χ4v) is 4.04. The van der Waals surface area contributed by atoms with Crippen molar-refractivity contribution >= 4 is 23.6 Å². The largest absolute Gasteiger partial charge is 0.350 e. The van der Waals surface area contributed by atoms with Gasteiger partial charge in [0, 0.05) is 12.3 Å². The van der Waals surface area contributed by atoms with E-state index in [1.165, 1.54) is 30.0 Å². The van der Waals surface area contributed by atoms with E-state index in [0.29, 0.717) is 17.7 Å². The van der Waals surface area contributed by atoms with Crippen molar-refractivity contribution in [2.75, 3.05) is 5.75 Å². The zero-order valence-corrected chi connectivity index (χ0v) is 15.6. The molecular formula is C20H20F2N2O2S. The number of benzene rings is 2. The molecule has 7 heteroatoms. The van der Waals surface area contributed by atoms with Crippen LogP contribution in [0.15, 0.2) is 42.5 Å². The van der Waals surface area contributed by atoms with Crippen molar-refractivity contribution in [1.29, 1.82) is 0 Å². The average molecular weight is 390 g/mol. The van der Waals surface area contributed by atoms with Gasteiger partial charge in [0.25, 0.3) is 0 Å². The van der Waals surface area contributed by atoms with E-state index < -0.39 is 6.04 Å². The lowest BCUT2D eigenvalue weighted by atomic mass is 10.1. The summed E-state index contributed by atoms with van der Waals surface area (Å²) in [4.78, 5) is 24.6. The molecule has 0 aromatic heterocycles. The van der Waals surface area contributed by atoms with Gasteiger partial charge >= 0.3 is 0 Å². The number of thioether (sulfide) groups is 1. The van der Waals surface area contributed by atoms with Gasteiger partial charge in [0.15, 0.2) is 0 Å². The summed E-state index contributed by atoms with van der Waals surface area (Å²) in [6, 6.07) is 10.1. The van der Waals surface area contributed by atoms with Gasteiger partial charge in [0.05, 0.1) is 5.25 Å². The highest BCUT2D eigenvalue weighted by Crippen LogP contribution is 2.22. The number of halogens is 2. The third kappa shape index (κ3) is 5.07. The Balaban J connectivity index is 1.50. The number of hydrogen-bond acceptors (Lipinski definition) is 3. The maximum Gasteiger partial charge on any atom is 0.243 e. The second kappa shape index (κ2) is 8.52. The van der Waals surface area contributed by atoms with Gasteiger partial charge in [0.1, 0.15) is 17.7 Å². The second-order valence-electron chi connectivity index (χ2n) is 6.52. The van der Waals surface area contributed by atoms with Gasteiger partial charge in [-0.05, 0) is 48.2 Å². The first-order valence-electron chi connectivity index (χ1n) is 8.61. The van der Waals surface area contributed by atoms with Crippen LogP contribution in [0.2, 0.25) is 0 Å². The van der Waals surface area contributed by atoms with Crippen molar-refractivity contribution in [2.45, 2.75) is 31.2 Å². The predicted octanol–water partition coefficient (Wildman–Crippen LogP) is 2.73. The smallest absolute Gasteiger partial charge is 0.243 e. The summed E-state index contributed by atoms with van der Waals surface area (Å²) >= 11 is 1.42. The number of carbonyl (C=O) groups excluding carboxylic acids is 2. The van der Waals surface area contributed by atoms with Crippen LogP contribution in [0, 0.1) is 18.6 Å². The molecule has 1 fully saturated rings. The van der Waals surface area contributed by atoms with E-state index in [1.807, 2.05) is 0 Å². The van der Waals surface area contributed by atoms with E-state index in [0.717, 1.165) is 11.1 Å². The maximum absolute atomic E-state index is 13.3. The molecule has 0 radical (unpaired) electrons. The number of rotatable bonds is 5. The zero-order valence-electron chi connectivity index (χ0n) is 14.8. The summed E-state index contributed by atoms with van der Waals surface area (Å²) in [5.74, 6) is -0.599. The minimum Gasteiger partial charge on any atom is -0.350 e. The van der Waals surface area contributed by atoms with Crippen LogP contribution in [0.5, 0.6) is 0 Å². The summed E-state index contributed by atoms with van der Waals surface area (Å²) < 4.78 is 26.3. The lowest BCUT2D eigenvalue weighted by Gasteiger charge is -2.28. The molecule has 2 amide bonds. The number of carbonyl (C=O) groups is 2. The Kier molecular flexibility index (Phi) is 6.11. The highest BCUT2D eigenvalue weighted by atomic mass is 32.2. The monoisotopic (exact) mass is 390 g/mol. The maximum atomic E-state index is 13.3. The number of nitrogens with one attached hydrogen (secondary N) is 2. The summed E-state index contributed by atoms with van der Waals surface area (Å²) in [7, 11) is 0. The van der Waals surface area contributed by atoms with Gasteiger partial charge in [-0.3, -0.25) is 9.59 Å². The molecule has 2 aromatic carbocycles. The van der Waals surface area contributed by atoms with Gasteiger partial charge in [-0.15, -0.1) is 11.8 Å². The molecule has 0 aliphatic carbocycles. The Morgan fingerprint density at radius 3 is 2.56 bits per heavy atom. The third-order valence-electron chi connectivity index (χ3n) is 4.41. The molecule has 1 heterocycles. The summed E-state index contributed by atoms with van der Waals surface area (Å²) in [5.41, 5.74) is 2.19. The molecule has 4 nitrogen and oxygen atoms in total. The SMILES string of the molecule is Cc1cc(CNC(=O)C2CSC(Cc3ccc(F)cc3)C(=O)N2)ccc1F. The molecule has 1 saturated heterocycles. The average Bonchev–Trinajstić information content (AvgIpc) is 2.66. The van der Waals surface area contributed by atoms with Crippen LogP contribution in [0.3, 0.4) is 0 Å². The minimum atomic E-state index is -0.603. The summed E-state index contributed by atoms with van der Waals surface area (Å²) in [5, 5.41) is 5.22. The van der Waals surface area contributed by atoms with Crippen LogP contribution >= 0.6 is 11.8 Å². The predicted molar refractivity (Wildman–Crippen MR) is 101 cm³/mol. The molecule has 2 aromatic rings. The van der Waals surface area contributed by atoms with Crippen LogP contribution in [0.1, 0.15) is 16.7 Å². The highest BCUT2D eigenvalue weighted by Gasteiger charge is 2.32. The first-order chi connectivity index (χ1) is 12.9. The van der Waals surface area contributed by atoms with E-state index in [2.05, 4.69) is 10.6 Å². The molecule has 2 N–H and O–H groups in total. The van der Waals surface area contributed by atoms with Crippen molar-refractivity contribution in [1.82, 2.24) is 10.6 Å². The molecule has 1 aliphatic heterocycles. The Morgan fingerprint density at radius 1 is 1.19 bits per heavy atom. The van der Waals surface area contributed by atoms with Crippen molar-refractivity contribution in [3.05, 3.63) is 70.8 Å². The van der Waals surface area contributed by atoms with Crippen molar-refractivity contribution in [2.24, 2.45) is 0 Å². The van der Waals surface area contributed by atoms with Gasteiger partial charge < -0.3 is 10.6 Å². The van der Waals surface area contributed by atoms with Gasteiger partial charge in [0.2, 0.25) is 11.8 Å². The lowest BCUT2D eigenvalue weighted by Crippen LogP contribution is -2.54. The van der Waals surface area contributed by atoms with E-state index in [9.17, 15) is 18.4 Å². The Morgan fingerprint density at radius 2 is 1.89 bits per heavy atom. The molecule has 27 heavy (non-hydrogen) atoms. The molecular weight excluding hydrogens is 370 g/mol. The molecule has 2 unspecified atom stereocenters. The molecule has 3 rings (SSSR count). The quantitative estimate of drug-likeness (QED) is 0.825. The van der Waals surface area contributed by atoms with Crippen LogP contribution in [0.25, 0.3) is 0 Å². The molecule has 2 atom stereocenters. The summed E-state index contributed by atoms with van der Waals surface area (Å²) in [6.45, 7) is 1.94. The number of amides is 2. The Hall–Kier alpha value is -2.41. The second-order valence-corrected chi connectivity index (χ2v) is 7.75. The van der Waals surface area contributed by atoms with Crippen LogP contribution < -0.4 is 10.6 Å². The number of hydrogen-bond donors (Lipinski definition) is 2.